The van der Waals surface area contributed by atoms with E-state index in [1.165, 1.54) is 12.8 Å². The fraction of sp³-hybridized carbons (Fsp3) is 0.500. The zero-order valence-corrected chi connectivity index (χ0v) is 8.76. The van der Waals surface area contributed by atoms with Crippen molar-refractivity contribution in [2.45, 2.75) is 37.9 Å². The molecule has 0 radical (unpaired) electrons. The van der Waals surface area contributed by atoms with Gasteiger partial charge in [-0.15, -0.1) is 0 Å². The zero-order chi connectivity index (χ0) is 10.1. The summed E-state index contributed by atoms with van der Waals surface area (Å²) >= 11 is 0. The highest BCUT2D eigenvalue weighted by Crippen LogP contribution is 2.29. The van der Waals surface area contributed by atoms with Crippen molar-refractivity contribution < 1.29 is 9.31 Å². The van der Waals surface area contributed by atoms with E-state index < -0.39 is 0 Å². The van der Waals surface area contributed by atoms with Crippen molar-refractivity contribution in [1.82, 2.24) is 0 Å². The average molecular weight is 202 g/mol. The fourth-order valence-electron chi connectivity index (χ4n) is 2.49. The van der Waals surface area contributed by atoms with E-state index in [9.17, 15) is 0 Å². The van der Waals surface area contributed by atoms with Gasteiger partial charge in [0.1, 0.15) is 0 Å². The predicted octanol–water partition coefficient (Wildman–Crippen LogP) is 1.74. The number of hydrogen-bond donors (Lipinski definition) is 0. The van der Waals surface area contributed by atoms with Crippen molar-refractivity contribution in [2.24, 2.45) is 0 Å². The highest BCUT2D eigenvalue weighted by molar-refractivity contribution is 6.61. The number of benzene rings is 1. The van der Waals surface area contributed by atoms with Gasteiger partial charge in [0.25, 0.3) is 0 Å². The molecule has 1 aliphatic carbocycles. The first-order valence-electron chi connectivity index (χ1n) is 5.79. The van der Waals surface area contributed by atoms with Crippen LogP contribution in [-0.4, -0.2) is 19.3 Å². The summed E-state index contributed by atoms with van der Waals surface area (Å²) in [4.78, 5) is 0. The fourth-order valence-corrected chi connectivity index (χ4v) is 2.49. The van der Waals surface area contributed by atoms with Crippen molar-refractivity contribution in [1.29, 1.82) is 0 Å². The van der Waals surface area contributed by atoms with Gasteiger partial charge in [-0.2, -0.15) is 0 Å². The van der Waals surface area contributed by atoms with E-state index >= 15 is 0 Å². The molecule has 1 saturated heterocycles. The van der Waals surface area contributed by atoms with Crippen LogP contribution in [0.25, 0.3) is 0 Å². The van der Waals surface area contributed by atoms with E-state index in [4.69, 9.17) is 9.31 Å². The van der Waals surface area contributed by atoms with E-state index in [-0.39, 0.29) is 7.12 Å². The van der Waals surface area contributed by atoms with Crippen LogP contribution >= 0.6 is 0 Å². The molecule has 2 atom stereocenters. The lowest BCUT2D eigenvalue weighted by molar-refractivity contribution is 0.110. The van der Waals surface area contributed by atoms with Gasteiger partial charge in [0.05, 0.1) is 12.2 Å². The van der Waals surface area contributed by atoms with Crippen LogP contribution in [0.3, 0.4) is 0 Å². The molecule has 3 rings (SSSR count). The summed E-state index contributed by atoms with van der Waals surface area (Å²) in [6.45, 7) is 0. The molecule has 1 saturated carbocycles. The average Bonchev–Trinajstić information content (AvgIpc) is 2.74. The first kappa shape index (κ1) is 9.43. The van der Waals surface area contributed by atoms with E-state index in [0.717, 1.165) is 18.3 Å². The molecule has 78 valence electrons. The molecule has 0 spiro atoms. The molecule has 1 unspecified atom stereocenters. The third kappa shape index (κ3) is 1.82. The normalized spacial score (nSPS) is 30.3. The number of fused-ring (bicyclic) bond motifs is 1. The lowest BCUT2D eigenvalue weighted by Crippen LogP contribution is -2.32. The standard InChI is InChI=1S/C12H15BO2/c1-2-6-10(7-3-1)13-14-11-8-4-5-9-12(11)15-13/h1-3,6-7,11-12H,4-5,8-9H2/t11-,12?/m1/s1. The van der Waals surface area contributed by atoms with Gasteiger partial charge in [-0.05, 0) is 18.3 Å². The Morgan fingerprint density at radius 2 is 1.53 bits per heavy atom. The van der Waals surface area contributed by atoms with Crippen LogP contribution < -0.4 is 5.46 Å². The summed E-state index contributed by atoms with van der Waals surface area (Å²) < 4.78 is 11.9. The van der Waals surface area contributed by atoms with Crippen LogP contribution in [0.4, 0.5) is 0 Å². The highest BCUT2D eigenvalue weighted by atomic mass is 16.7. The second-order valence-corrected chi connectivity index (χ2v) is 4.38. The molecule has 1 aliphatic heterocycles. The Balaban J connectivity index is 1.75. The monoisotopic (exact) mass is 202 g/mol. The second-order valence-electron chi connectivity index (χ2n) is 4.38. The number of hydrogen-bond acceptors (Lipinski definition) is 2. The lowest BCUT2D eigenvalue weighted by atomic mass is 9.79. The molecule has 1 aromatic rings. The van der Waals surface area contributed by atoms with Crippen LogP contribution in [0.2, 0.25) is 0 Å². The van der Waals surface area contributed by atoms with Crippen molar-refractivity contribution >= 4 is 12.6 Å². The van der Waals surface area contributed by atoms with E-state index in [0.29, 0.717) is 12.2 Å². The van der Waals surface area contributed by atoms with Crippen molar-refractivity contribution in [3.05, 3.63) is 30.3 Å². The molecule has 0 bridgehead atoms. The molecule has 1 heterocycles. The summed E-state index contributed by atoms with van der Waals surface area (Å²) in [7, 11) is -0.126. The molecule has 1 aromatic carbocycles. The third-order valence-corrected chi connectivity index (χ3v) is 3.31. The van der Waals surface area contributed by atoms with Gasteiger partial charge in [0.2, 0.25) is 0 Å². The molecule has 3 heteroatoms. The Labute approximate surface area is 90.7 Å². The number of rotatable bonds is 1. The summed E-state index contributed by atoms with van der Waals surface area (Å²) in [6.07, 6.45) is 5.56. The maximum absolute atomic E-state index is 5.93. The Hall–Kier alpha value is -0.795. The van der Waals surface area contributed by atoms with Crippen LogP contribution in [-0.2, 0) is 9.31 Å². The molecule has 2 aliphatic rings. The minimum atomic E-state index is -0.126. The summed E-state index contributed by atoms with van der Waals surface area (Å²) in [5.74, 6) is 0. The van der Waals surface area contributed by atoms with Crippen molar-refractivity contribution in [2.75, 3.05) is 0 Å². The van der Waals surface area contributed by atoms with E-state index in [1.54, 1.807) is 0 Å². The SMILES string of the molecule is c1ccc(B2OC3CCCC[C@H]3O2)cc1. The van der Waals surface area contributed by atoms with Gasteiger partial charge in [0, 0.05) is 0 Å². The summed E-state index contributed by atoms with van der Waals surface area (Å²) in [6, 6.07) is 10.2. The van der Waals surface area contributed by atoms with Crippen LogP contribution in [0.1, 0.15) is 25.7 Å². The molecule has 15 heavy (non-hydrogen) atoms. The lowest BCUT2D eigenvalue weighted by Gasteiger charge is -2.22. The van der Waals surface area contributed by atoms with Gasteiger partial charge < -0.3 is 9.31 Å². The molecule has 2 nitrogen and oxygen atoms in total. The van der Waals surface area contributed by atoms with Crippen molar-refractivity contribution in [3.8, 4) is 0 Å². The van der Waals surface area contributed by atoms with E-state index in [2.05, 4.69) is 12.1 Å². The van der Waals surface area contributed by atoms with Crippen LogP contribution in [0, 0.1) is 0 Å². The summed E-state index contributed by atoms with van der Waals surface area (Å²) in [5, 5.41) is 0. The first-order chi connectivity index (χ1) is 7.43. The first-order valence-corrected chi connectivity index (χ1v) is 5.79. The Bertz CT molecular complexity index is 314. The van der Waals surface area contributed by atoms with Crippen LogP contribution in [0.5, 0.6) is 0 Å². The van der Waals surface area contributed by atoms with Gasteiger partial charge in [-0.25, -0.2) is 0 Å². The maximum atomic E-state index is 5.93. The van der Waals surface area contributed by atoms with Gasteiger partial charge >= 0.3 is 7.12 Å². The molecule has 2 fully saturated rings. The minimum Gasteiger partial charge on any atom is -0.402 e. The van der Waals surface area contributed by atoms with E-state index in [1.807, 2.05) is 18.2 Å². The Kier molecular flexibility index (Phi) is 2.51. The van der Waals surface area contributed by atoms with Crippen LogP contribution in [0.15, 0.2) is 30.3 Å². The molecular formula is C12H15BO2. The maximum Gasteiger partial charge on any atom is 0.494 e. The van der Waals surface area contributed by atoms with Crippen molar-refractivity contribution in [3.63, 3.8) is 0 Å². The second kappa shape index (κ2) is 3.99. The third-order valence-electron chi connectivity index (χ3n) is 3.31. The Morgan fingerprint density at radius 3 is 2.13 bits per heavy atom. The largest absolute Gasteiger partial charge is 0.494 e. The topological polar surface area (TPSA) is 18.5 Å². The van der Waals surface area contributed by atoms with Gasteiger partial charge in [0.15, 0.2) is 0 Å². The van der Waals surface area contributed by atoms with Gasteiger partial charge in [-0.1, -0.05) is 43.2 Å². The summed E-state index contributed by atoms with van der Waals surface area (Å²) in [5.41, 5.74) is 1.15. The quantitative estimate of drug-likeness (QED) is 0.645. The zero-order valence-electron chi connectivity index (χ0n) is 8.76. The molecular weight excluding hydrogens is 187 g/mol. The molecule has 0 N–H and O–H groups in total. The predicted molar refractivity (Wildman–Crippen MR) is 60.0 cm³/mol. The molecule has 0 amide bonds. The molecule has 0 aromatic heterocycles. The minimum absolute atomic E-state index is 0.126. The smallest absolute Gasteiger partial charge is 0.402 e. The van der Waals surface area contributed by atoms with Gasteiger partial charge in [-0.3, -0.25) is 0 Å². The Morgan fingerprint density at radius 1 is 0.933 bits per heavy atom. The highest BCUT2D eigenvalue weighted by Gasteiger charge is 2.41.